The van der Waals surface area contributed by atoms with E-state index in [9.17, 15) is 4.79 Å². The van der Waals surface area contributed by atoms with E-state index in [2.05, 4.69) is 28.8 Å². The van der Waals surface area contributed by atoms with Crippen molar-refractivity contribution in [2.75, 3.05) is 0 Å². The van der Waals surface area contributed by atoms with Crippen LogP contribution in [0.25, 0.3) is 44.6 Å². The van der Waals surface area contributed by atoms with Gasteiger partial charge in [-0.25, -0.2) is 19.2 Å². The topological polar surface area (TPSA) is 104 Å². The molecule has 0 spiro atoms. The van der Waals surface area contributed by atoms with Gasteiger partial charge in [0.1, 0.15) is 12.0 Å². The number of hydrogen-bond donors (Lipinski definition) is 1. The molecule has 0 aliphatic heterocycles. The molecular formula is C33H30FN7O2. The summed E-state index contributed by atoms with van der Waals surface area (Å²) in [5, 5.41) is 20.3. The molecule has 216 valence electrons. The van der Waals surface area contributed by atoms with Crippen LogP contribution in [0.2, 0.25) is 0 Å². The van der Waals surface area contributed by atoms with Crippen LogP contribution in [0.5, 0.6) is 0 Å². The van der Waals surface area contributed by atoms with Crippen molar-refractivity contribution in [2.45, 2.75) is 50.2 Å². The van der Waals surface area contributed by atoms with Crippen LogP contribution >= 0.6 is 0 Å². The lowest BCUT2D eigenvalue weighted by atomic mass is 10.0. The lowest BCUT2D eigenvalue weighted by Crippen LogP contribution is -2.06. The van der Waals surface area contributed by atoms with Crippen LogP contribution < -0.4 is 0 Å². The highest BCUT2D eigenvalue weighted by atomic mass is 19.1. The molecule has 43 heavy (non-hydrogen) atoms. The van der Waals surface area contributed by atoms with Gasteiger partial charge in [-0.15, -0.1) is 0 Å². The number of fused-ring (bicyclic) bond motifs is 2. The summed E-state index contributed by atoms with van der Waals surface area (Å²) in [6.07, 6.45) is 7.07. The van der Waals surface area contributed by atoms with Gasteiger partial charge in [0.2, 0.25) is 0 Å². The highest BCUT2D eigenvalue weighted by Gasteiger charge is 2.35. The Bertz CT molecular complexity index is 2050. The van der Waals surface area contributed by atoms with Crippen molar-refractivity contribution in [1.82, 2.24) is 34.1 Å². The van der Waals surface area contributed by atoms with Crippen LogP contribution in [0.4, 0.5) is 4.39 Å². The Balaban J connectivity index is 1.20. The van der Waals surface area contributed by atoms with Gasteiger partial charge in [-0.2, -0.15) is 10.2 Å². The highest BCUT2D eigenvalue weighted by molar-refractivity contribution is 5.95. The molecule has 2 aliphatic carbocycles. The largest absolute Gasteiger partial charge is 0.478 e. The molecule has 2 saturated carbocycles. The Kier molecular flexibility index (Phi) is 5.76. The van der Waals surface area contributed by atoms with E-state index >= 15 is 4.39 Å². The number of aromatic carboxylic acids is 1. The molecule has 1 atom stereocenters. The molecule has 10 heteroatoms. The van der Waals surface area contributed by atoms with Gasteiger partial charge in [0.15, 0.2) is 5.65 Å². The molecule has 9 nitrogen and oxygen atoms in total. The van der Waals surface area contributed by atoms with E-state index in [0.717, 1.165) is 76.0 Å². The van der Waals surface area contributed by atoms with Crippen molar-refractivity contribution < 1.29 is 14.3 Å². The van der Waals surface area contributed by atoms with E-state index in [1.54, 1.807) is 4.68 Å². The van der Waals surface area contributed by atoms with Crippen LogP contribution in [0.3, 0.4) is 0 Å². The molecule has 8 rings (SSSR count). The van der Waals surface area contributed by atoms with Crippen molar-refractivity contribution in [1.29, 1.82) is 0 Å². The van der Waals surface area contributed by atoms with Gasteiger partial charge in [-0.1, -0.05) is 24.3 Å². The van der Waals surface area contributed by atoms with Gasteiger partial charge in [-0.3, -0.25) is 9.36 Å². The number of carbonyl (C=O) groups is 1. The van der Waals surface area contributed by atoms with Gasteiger partial charge < -0.3 is 9.67 Å². The summed E-state index contributed by atoms with van der Waals surface area (Å²) in [5.41, 5.74) is 7.37. The van der Waals surface area contributed by atoms with Gasteiger partial charge >= 0.3 is 5.97 Å². The first-order chi connectivity index (χ1) is 20.8. The van der Waals surface area contributed by atoms with Crippen molar-refractivity contribution in [3.63, 3.8) is 0 Å². The highest BCUT2D eigenvalue weighted by Crippen LogP contribution is 2.49. The minimum atomic E-state index is -1.33. The third-order valence-corrected chi connectivity index (χ3v) is 8.67. The Morgan fingerprint density at radius 3 is 2.47 bits per heavy atom. The van der Waals surface area contributed by atoms with Crippen LogP contribution in [0.1, 0.15) is 71.0 Å². The third-order valence-electron chi connectivity index (χ3n) is 8.67. The third kappa shape index (κ3) is 4.48. The minimum Gasteiger partial charge on any atom is -0.478 e. The predicted molar refractivity (Wildman–Crippen MR) is 161 cm³/mol. The monoisotopic (exact) mass is 575 g/mol. The zero-order valence-corrected chi connectivity index (χ0v) is 23.9. The van der Waals surface area contributed by atoms with Crippen LogP contribution in [0, 0.1) is 0 Å². The van der Waals surface area contributed by atoms with Crippen molar-refractivity contribution in [2.24, 2.45) is 14.1 Å². The van der Waals surface area contributed by atoms with Crippen LogP contribution in [-0.2, 0) is 20.6 Å². The number of carboxylic acid groups (broad SMARTS) is 1. The molecule has 0 amide bonds. The number of imidazole rings is 1. The van der Waals surface area contributed by atoms with Gasteiger partial charge in [-0.05, 0) is 55.5 Å². The number of aryl methyl sites for hydroxylation is 1. The summed E-state index contributed by atoms with van der Waals surface area (Å²) in [4.78, 5) is 21.5. The normalized spacial score (nSPS) is 15.9. The fourth-order valence-electron chi connectivity index (χ4n) is 6.21. The Morgan fingerprint density at radius 1 is 0.977 bits per heavy atom. The summed E-state index contributed by atoms with van der Waals surface area (Å²) in [6, 6.07) is 14.1. The minimum absolute atomic E-state index is 0.0189. The van der Waals surface area contributed by atoms with Crippen molar-refractivity contribution >= 4 is 27.9 Å². The van der Waals surface area contributed by atoms with Gasteiger partial charge in [0.05, 0.1) is 29.0 Å². The Hall–Kier alpha value is -4.86. The second kappa shape index (κ2) is 9.58. The molecule has 0 radical (unpaired) electrons. The number of hydrogen-bond acceptors (Lipinski definition) is 5. The Morgan fingerprint density at radius 2 is 1.74 bits per heavy atom. The average molecular weight is 576 g/mol. The maximum absolute atomic E-state index is 15.3. The molecule has 4 heterocycles. The molecule has 2 aromatic carbocycles. The van der Waals surface area contributed by atoms with E-state index in [4.69, 9.17) is 20.2 Å². The van der Waals surface area contributed by atoms with E-state index < -0.39 is 12.1 Å². The van der Waals surface area contributed by atoms with Crippen molar-refractivity contribution in [3.05, 3.63) is 83.4 Å². The number of rotatable bonds is 8. The smallest absolute Gasteiger partial charge is 0.335 e. The first-order valence-corrected chi connectivity index (χ1v) is 14.7. The van der Waals surface area contributed by atoms with Gasteiger partial charge in [0.25, 0.3) is 0 Å². The van der Waals surface area contributed by atoms with E-state index in [0.29, 0.717) is 17.4 Å². The molecule has 2 aliphatic rings. The fraction of sp³-hybridized carbons (Fsp3) is 0.303. The summed E-state index contributed by atoms with van der Waals surface area (Å²) >= 11 is 0. The molecule has 6 aromatic rings. The van der Waals surface area contributed by atoms with E-state index in [1.807, 2.05) is 36.3 Å². The zero-order valence-electron chi connectivity index (χ0n) is 23.9. The SMILES string of the molecule is Cn1cc2cc(-c3nc(-c4cccc5nn(CC(F)c6ccc(C(=O)O)cc6)cc45)c(C4CC4)n3C)c(C3CC3)nc2n1. The summed E-state index contributed by atoms with van der Waals surface area (Å²) in [7, 11) is 4.03. The standard InChI is InChI=1S/C33H30FN7O2/c1-39-15-22-14-24(28(19-8-9-19)35-31(22)38-39)32-36-29(30(40(32)2)20-10-11-20)23-4-3-5-27-25(23)16-41(37-27)17-26(34)18-6-12-21(13-7-18)33(42)43/h3-7,12-16,19-20,26H,8-11,17H2,1-2H3,(H,42,43). The summed E-state index contributed by atoms with van der Waals surface area (Å²) in [5.74, 6) is 0.750. The first kappa shape index (κ1) is 25.8. The van der Waals surface area contributed by atoms with E-state index in [1.165, 1.54) is 30.0 Å². The molecule has 2 fully saturated rings. The molecule has 0 bridgehead atoms. The maximum Gasteiger partial charge on any atom is 0.335 e. The first-order valence-electron chi connectivity index (χ1n) is 14.7. The zero-order chi connectivity index (χ0) is 29.4. The predicted octanol–water partition coefficient (Wildman–Crippen LogP) is 6.55. The number of nitrogens with zero attached hydrogens (tertiary/aromatic N) is 7. The average Bonchev–Trinajstić information content (AvgIpc) is 3.91. The summed E-state index contributed by atoms with van der Waals surface area (Å²) in [6.45, 7) is 0.0189. The number of aromatic nitrogens is 7. The molecule has 1 unspecified atom stereocenters. The number of benzene rings is 2. The molecule has 4 aromatic heterocycles. The fourth-order valence-corrected chi connectivity index (χ4v) is 6.21. The summed E-state index contributed by atoms with van der Waals surface area (Å²) < 4.78 is 21.0. The number of carboxylic acids is 1. The number of alkyl halides is 1. The molecular weight excluding hydrogens is 545 g/mol. The Labute approximate surface area is 246 Å². The van der Waals surface area contributed by atoms with Crippen molar-refractivity contribution in [3.8, 4) is 22.6 Å². The molecule has 1 N–H and O–H groups in total. The second-order valence-corrected chi connectivity index (χ2v) is 11.9. The number of pyridine rings is 1. The maximum atomic E-state index is 15.3. The second-order valence-electron chi connectivity index (χ2n) is 11.9. The van der Waals surface area contributed by atoms with Crippen LogP contribution in [-0.4, -0.2) is 45.2 Å². The quantitative estimate of drug-likeness (QED) is 0.221. The number of halogens is 1. The van der Waals surface area contributed by atoms with Crippen LogP contribution in [0.15, 0.2) is 60.9 Å². The molecule has 0 saturated heterocycles. The lowest BCUT2D eigenvalue weighted by Gasteiger charge is -2.10. The lowest BCUT2D eigenvalue weighted by molar-refractivity contribution is 0.0696. The van der Waals surface area contributed by atoms with Gasteiger partial charge in [0, 0.05) is 65.9 Å². The van der Waals surface area contributed by atoms with E-state index in [-0.39, 0.29) is 12.1 Å².